The molecule has 2 rings (SSSR count). The van der Waals surface area contributed by atoms with Crippen LogP contribution in [-0.4, -0.2) is 21.9 Å². The van der Waals surface area contributed by atoms with Gasteiger partial charge in [0.05, 0.1) is 5.56 Å². The van der Waals surface area contributed by atoms with Gasteiger partial charge in [0.25, 0.3) is 5.89 Å². The van der Waals surface area contributed by atoms with Gasteiger partial charge in [-0.25, -0.2) is 0 Å². The summed E-state index contributed by atoms with van der Waals surface area (Å²) in [6, 6.07) is 4.69. The monoisotopic (exact) mass is 310 g/mol. The summed E-state index contributed by atoms with van der Waals surface area (Å²) in [5, 5.41) is 14.4. The van der Waals surface area contributed by atoms with E-state index in [4.69, 9.17) is 20.9 Å². The maximum absolute atomic E-state index is 9.90. The summed E-state index contributed by atoms with van der Waals surface area (Å²) in [4.78, 5) is 4.39. The number of phenols is 1. The predicted octanol–water partition coefficient (Wildman–Crippen LogP) is 4.15. The van der Waals surface area contributed by atoms with Crippen molar-refractivity contribution in [3.8, 4) is 17.2 Å². The van der Waals surface area contributed by atoms with Crippen LogP contribution in [-0.2, 0) is 10.3 Å². The molecule has 0 aliphatic heterocycles. The number of hydrogen-bond acceptors (Lipinski definition) is 5. The Kier molecular flexibility index (Phi) is 4.85. The topological polar surface area (TPSA) is 68.4 Å². The molecular formula is C15H19ClN2O3. The Bertz CT molecular complexity index is 609. The number of hydrogen-bond donors (Lipinski definition) is 1. The Labute approximate surface area is 128 Å². The van der Waals surface area contributed by atoms with E-state index in [0.29, 0.717) is 23.0 Å². The number of aromatic nitrogens is 2. The number of aromatic hydroxyl groups is 1. The molecule has 2 aromatic rings. The van der Waals surface area contributed by atoms with Crippen molar-refractivity contribution in [1.29, 1.82) is 0 Å². The first-order valence-corrected chi connectivity index (χ1v) is 7.41. The lowest BCUT2D eigenvalue weighted by atomic mass is 9.96. The van der Waals surface area contributed by atoms with Crippen LogP contribution in [0.25, 0.3) is 11.5 Å². The van der Waals surface area contributed by atoms with E-state index in [-0.39, 0.29) is 11.6 Å². The molecule has 0 fully saturated rings. The van der Waals surface area contributed by atoms with Crippen LogP contribution in [0.5, 0.6) is 5.75 Å². The third kappa shape index (κ3) is 3.04. The van der Waals surface area contributed by atoms with Gasteiger partial charge >= 0.3 is 0 Å². The van der Waals surface area contributed by atoms with E-state index < -0.39 is 5.60 Å². The Morgan fingerprint density at radius 3 is 2.62 bits per heavy atom. The second kappa shape index (κ2) is 6.45. The van der Waals surface area contributed by atoms with E-state index in [9.17, 15) is 5.11 Å². The van der Waals surface area contributed by atoms with E-state index in [1.807, 2.05) is 20.8 Å². The fourth-order valence-corrected chi connectivity index (χ4v) is 2.48. The van der Waals surface area contributed by atoms with Crippen molar-refractivity contribution >= 4 is 11.6 Å². The van der Waals surface area contributed by atoms with Crippen molar-refractivity contribution in [2.24, 2.45) is 0 Å². The molecule has 1 aromatic carbocycles. The molecule has 21 heavy (non-hydrogen) atoms. The van der Waals surface area contributed by atoms with E-state index in [2.05, 4.69) is 10.1 Å². The summed E-state index contributed by atoms with van der Waals surface area (Å²) in [6.07, 6.45) is 1.47. The summed E-state index contributed by atoms with van der Waals surface area (Å²) in [7, 11) is 0. The quantitative estimate of drug-likeness (QED) is 0.868. The Balaban J connectivity index is 2.43. The lowest BCUT2D eigenvalue weighted by Gasteiger charge is -2.27. The van der Waals surface area contributed by atoms with Crippen LogP contribution in [0.2, 0.25) is 5.02 Å². The van der Waals surface area contributed by atoms with Gasteiger partial charge in [0, 0.05) is 11.6 Å². The van der Waals surface area contributed by atoms with Crippen molar-refractivity contribution < 1.29 is 14.4 Å². The molecule has 0 radical (unpaired) electrons. The van der Waals surface area contributed by atoms with Gasteiger partial charge < -0.3 is 14.4 Å². The highest BCUT2D eigenvalue weighted by Gasteiger charge is 2.34. The average molecular weight is 311 g/mol. The van der Waals surface area contributed by atoms with Gasteiger partial charge in [-0.1, -0.05) is 30.6 Å². The molecule has 0 spiro atoms. The maximum Gasteiger partial charge on any atom is 0.261 e. The minimum atomic E-state index is -0.565. The SMILES string of the molecule is CCOC(CC)(CC)c1noc(-c2cc(Cl)ccc2O)n1. The Hall–Kier alpha value is -1.59. The van der Waals surface area contributed by atoms with E-state index in [1.165, 1.54) is 6.07 Å². The predicted molar refractivity (Wildman–Crippen MR) is 80.3 cm³/mol. The van der Waals surface area contributed by atoms with Crippen LogP contribution in [0.4, 0.5) is 0 Å². The first kappa shape index (κ1) is 15.8. The molecule has 0 bridgehead atoms. The molecule has 1 aromatic heterocycles. The summed E-state index contributed by atoms with van der Waals surface area (Å²) < 4.78 is 11.1. The Morgan fingerprint density at radius 1 is 1.29 bits per heavy atom. The highest BCUT2D eigenvalue weighted by atomic mass is 35.5. The zero-order valence-electron chi connectivity index (χ0n) is 12.4. The van der Waals surface area contributed by atoms with Gasteiger partial charge in [0.2, 0.25) is 5.82 Å². The zero-order chi connectivity index (χ0) is 15.5. The zero-order valence-corrected chi connectivity index (χ0v) is 13.1. The fourth-order valence-electron chi connectivity index (χ4n) is 2.31. The highest BCUT2D eigenvalue weighted by molar-refractivity contribution is 6.30. The van der Waals surface area contributed by atoms with Gasteiger partial charge in [0.1, 0.15) is 11.4 Å². The van der Waals surface area contributed by atoms with Crippen molar-refractivity contribution in [1.82, 2.24) is 10.1 Å². The van der Waals surface area contributed by atoms with Crippen molar-refractivity contribution in [2.45, 2.75) is 39.2 Å². The van der Waals surface area contributed by atoms with Gasteiger partial charge in [0.15, 0.2) is 0 Å². The van der Waals surface area contributed by atoms with E-state index in [0.717, 1.165) is 12.8 Å². The van der Waals surface area contributed by atoms with Crippen LogP contribution in [0.3, 0.4) is 0 Å². The molecule has 5 nitrogen and oxygen atoms in total. The lowest BCUT2D eigenvalue weighted by molar-refractivity contribution is -0.0583. The second-order valence-electron chi connectivity index (χ2n) is 4.72. The first-order chi connectivity index (χ1) is 10.1. The minimum absolute atomic E-state index is 0.0459. The standard InChI is InChI=1S/C15H19ClN2O3/c1-4-15(5-2,20-6-3)14-17-13(21-18-14)11-9-10(16)7-8-12(11)19/h7-9,19H,4-6H2,1-3H3. The van der Waals surface area contributed by atoms with Crippen molar-refractivity contribution in [3.63, 3.8) is 0 Å². The number of rotatable bonds is 6. The first-order valence-electron chi connectivity index (χ1n) is 7.03. The maximum atomic E-state index is 9.90. The second-order valence-corrected chi connectivity index (χ2v) is 5.16. The Morgan fingerprint density at radius 2 is 2.00 bits per heavy atom. The molecule has 0 atom stereocenters. The van der Waals surface area contributed by atoms with Gasteiger partial charge in [-0.3, -0.25) is 0 Å². The van der Waals surface area contributed by atoms with Gasteiger partial charge in [-0.15, -0.1) is 0 Å². The largest absolute Gasteiger partial charge is 0.507 e. The molecule has 1 N–H and O–H groups in total. The molecule has 6 heteroatoms. The van der Waals surface area contributed by atoms with E-state index >= 15 is 0 Å². The molecule has 0 aliphatic rings. The third-order valence-electron chi connectivity index (χ3n) is 3.59. The molecule has 0 saturated carbocycles. The summed E-state index contributed by atoms with van der Waals surface area (Å²) in [5.74, 6) is 0.768. The molecule has 1 heterocycles. The van der Waals surface area contributed by atoms with Crippen LogP contribution in [0.15, 0.2) is 22.7 Å². The normalized spacial score (nSPS) is 11.8. The number of halogens is 1. The molecule has 0 saturated heterocycles. The number of benzene rings is 1. The minimum Gasteiger partial charge on any atom is -0.507 e. The average Bonchev–Trinajstić information content (AvgIpc) is 2.97. The highest BCUT2D eigenvalue weighted by Crippen LogP contribution is 2.35. The fraction of sp³-hybridized carbons (Fsp3) is 0.467. The van der Waals surface area contributed by atoms with Crippen LogP contribution < -0.4 is 0 Å². The number of nitrogens with zero attached hydrogens (tertiary/aromatic N) is 2. The van der Waals surface area contributed by atoms with Crippen LogP contribution in [0, 0.1) is 0 Å². The molecule has 0 unspecified atom stereocenters. The van der Waals surface area contributed by atoms with Crippen molar-refractivity contribution in [3.05, 3.63) is 29.0 Å². The summed E-state index contributed by atoms with van der Waals surface area (Å²) >= 11 is 5.94. The van der Waals surface area contributed by atoms with Crippen LogP contribution >= 0.6 is 11.6 Å². The van der Waals surface area contributed by atoms with Gasteiger partial charge in [-0.05, 0) is 38.0 Å². The summed E-state index contributed by atoms with van der Waals surface area (Å²) in [5.41, 5.74) is -0.149. The van der Waals surface area contributed by atoms with Crippen molar-refractivity contribution in [2.75, 3.05) is 6.61 Å². The number of phenolic OH excluding ortho intramolecular Hbond substituents is 1. The van der Waals surface area contributed by atoms with E-state index in [1.54, 1.807) is 12.1 Å². The smallest absolute Gasteiger partial charge is 0.261 e. The summed E-state index contributed by atoms with van der Waals surface area (Å²) in [6.45, 7) is 6.54. The molecule has 0 amide bonds. The molecule has 114 valence electrons. The van der Waals surface area contributed by atoms with Gasteiger partial charge in [-0.2, -0.15) is 4.98 Å². The lowest BCUT2D eigenvalue weighted by Crippen LogP contribution is -2.29. The molecular weight excluding hydrogens is 292 g/mol. The van der Waals surface area contributed by atoms with Crippen LogP contribution in [0.1, 0.15) is 39.4 Å². The molecule has 0 aliphatic carbocycles. The third-order valence-corrected chi connectivity index (χ3v) is 3.82. The number of ether oxygens (including phenoxy) is 1.